The molecule has 1 amide bonds. The van der Waals surface area contributed by atoms with Crippen molar-refractivity contribution in [2.45, 2.75) is 58.2 Å². The molecule has 2 bridgehead atoms. The minimum atomic E-state index is -0.213. The molecule has 0 saturated carbocycles. The Labute approximate surface area is 154 Å². The lowest BCUT2D eigenvalue weighted by Gasteiger charge is -2.36. The van der Waals surface area contributed by atoms with Crippen LogP contribution in [0.25, 0.3) is 0 Å². The van der Waals surface area contributed by atoms with E-state index in [-0.39, 0.29) is 30.0 Å². The van der Waals surface area contributed by atoms with E-state index < -0.39 is 0 Å². The molecule has 0 radical (unpaired) electrons. The molecule has 2 fully saturated rings. The van der Waals surface area contributed by atoms with Gasteiger partial charge in [-0.25, -0.2) is 0 Å². The average Bonchev–Trinajstić information content (AvgIpc) is 3.27. The highest BCUT2D eigenvalue weighted by molar-refractivity contribution is 5.77. The highest BCUT2D eigenvalue weighted by Crippen LogP contribution is 2.51. The summed E-state index contributed by atoms with van der Waals surface area (Å²) in [5.74, 6) is 0.132. The Morgan fingerprint density at radius 2 is 2.04 bits per heavy atom. The number of aromatic nitrogens is 2. The Kier molecular flexibility index (Phi) is 4.35. The van der Waals surface area contributed by atoms with Crippen molar-refractivity contribution in [1.82, 2.24) is 14.7 Å². The van der Waals surface area contributed by atoms with E-state index in [0.29, 0.717) is 6.54 Å². The van der Waals surface area contributed by atoms with E-state index >= 15 is 0 Å². The lowest BCUT2D eigenvalue weighted by Crippen LogP contribution is -2.45. The van der Waals surface area contributed by atoms with Gasteiger partial charge in [0.15, 0.2) is 0 Å². The van der Waals surface area contributed by atoms with Gasteiger partial charge in [0.25, 0.3) is 0 Å². The summed E-state index contributed by atoms with van der Waals surface area (Å²) in [4.78, 5) is 15.1. The van der Waals surface area contributed by atoms with Crippen molar-refractivity contribution in [3.63, 3.8) is 0 Å². The topological polar surface area (TPSA) is 58.4 Å². The second-order valence-corrected chi connectivity index (χ2v) is 8.02. The van der Waals surface area contributed by atoms with Crippen LogP contribution in [0.15, 0.2) is 36.4 Å². The molecule has 0 spiro atoms. The van der Waals surface area contributed by atoms with Gasteiger partial charge < -0.3 is 10.0 Å². The number of amides is 1. The average molecular weight is 353 g/mol. The minimum Gasteiger partial charge on any atom is -0.396 e. The first-order valence-corrected chi connectivity index (χ1v) is 9.49. The number of aliphatic hydroxyl groups excluding tert-OH is 1. The molecule has 1 aromatic carbocycles. The summed E-state index contributed by atoms with van der Waals surface area (Å²) in [7, 11) is 0. The van der Waals surface area contributed by atoms with E-state index in [1.54, 1.807) is 4.68 Å². The van der Waals surface area contributed by atoms with Crippen LogP contribution < -0.4 is 0 Å². The van der Waals surface area contributed by atoms with Crippen molar-refractivity contribution in [3.8, 4) is 0 Å². The molecule has 138 valence electrons. The summed E-state index contributed by atoms with van der Waals surface area (Å²) in [6.45, 7) is 4.36. The monoisotopic (exact) mass is 353 g/mol. The fourth-order valence-electron chi connectivity index (χ4n) is 5.13. The first-order chi connectivity index (χ1) is 12.5. The van der Waals surface area contributed by atoms with Crippen LogP contribution >= 0.6 is 0 Å². The van der Waals surface area contributed by atoms with Crippen LogP contribution in [0.1, 0.15) is 36.2 Å². The third kappa shape index (κ3) is 2.84. The molecular weight excluding hydrogens is 326 g/mol. The summed E-state index contributed by atoms with van der Waals surface area (Å²) in [5.41, 5.74) is 2.98. The molecule has 2 aromatic rings. The van der Waals surface area contributed by atoms with Gasteiger partial charge in [0.2, 0.25) is 5.91 Å². The highest BCUT2D eigenvalue weighted by Gasteiger charge is 2.56. The molecule has 2 aliphatic rings. The maximum absolute atomic E-state index is 13.1. The Morgan fingerprint density at radius 1 is 1.27 bits per heavy atom. The summed E-state index contributed by atoms with van der Waals surface area (Å²) < 4.78 is 1.80. The van der Waals surface area contributed by atoms with Gasteiger partial charge in [0.1, 0.15) is 6.54 Å². The van der Waals surface area contributed by atoms with Gasteiger partial charge in [-0.1, -0.05) is 30.3 Å². The maximum Gasteiger partial charge on any atom is 0.244 e. The van der Waals surface area contributed by atoms with Crippen LogP contribution in [0.3, 0.4) is 0 Å². The zero-order valence-corrected chi connectivity index (χ0v) is 15.6. The number of aryl methyl sites for hydroxylation is 2. The van der Waals surface area contributed by atoms with E-state index in [9.17, 15) is 9.90 Å². The molecule has 0 aliphatic carbocycles. The van der Waals surface area contributed by atoms with Crippen molar-refractivity contribution < 1.29 is 9.90 Å². The minimum absolute atomic E-state index is 0.127. The zero-order valence-electron chi connectivity index (χ0n) is 15.6. The van der Waals surface area contributed by atoms with Crippen LogP contribution in [-0.4, -0.2) is 44.4 Å². The van der Waals surface area contributed by atoms with E-state index in [0.717, 1.165) is 37.1 Å². The smallest absolute Gasteiger partial charge is 0.244 e. The van der Waals surface area contributed by atoms with Crippen LogP contribution in [0.5, 0.6) is 0 Å². The quantitative estimate of drug-likeness (QED) is 0.898. The standard InChI is InChI=1S/C21H27N3O2/c1-15-10-16(2)23(22-15)13-20(26)24-18-8-9-19(24)21(12-18,14-25)11-17-6-4-3-5-7-17/h3-7,10,18-19,25H,8-9,11-14H2,1-2H3/t18-,19+,21-/m0/s1. The summed E-state index contributed by atoms with van der Waals surface area (Å²) in [6.07, 6.45) is 3.76. The highest BCUT2D eigenvalue weighted by atomic mass is 16.3. The predicted octanol–water partition coefficient (Wildman–Crippen LogP) is 2.48. The number of nitrogens with zero attached hydrogens (tertiary/aromatic N) is 3. The van der Waals surface area contributed by atoms with Gasteiger partial charge in [0, 0.05) is 23.2 Å². The van der Waals surface area contributed by atoms with Crippen LogP contribution in [0, 0.1) is 19.3 Å². The van der Waals surface area contributed by atoms with Crippen LogP contribution in [0.2, 0.25) is 0 Å². The van der Waals surface area contributed by atoms with Gasteiger partial charge in [-0.3, -0.25) is 9.48 Å². The number of benzene rings is 1. The number of aliphatic hydroxyl groups is 1. The van der Waals surface area contributed by atoms with Crippen molar-refractivity contribution >= 4 is 5.91 Å². The summed E-state index contributed by atoms with van der Waals surface area (Å²) in [5, 5.41) is 14.7. The molecule has 0 unspecified atom stereocenters. The second-order valence-electron chi connectivity index (χ2n) is 8.02. The number of carbonyl (C=O) groups is 1. The Balaban J connectivity index is 1.55. The van der Waals surface area contributed by atoms with E-state index in [1.807, 2.05) is 38.1 Å². The van der Waals surface area contributed by atoms with Gasteiger partial charge >= 0.3 is 0 Å². The van der Waals surface area contributed by atoms with E-state index in [4.69, 9.17) is 0 Å². The fraction of sp³-hybridized carbons (Fsp3) is 0.524. The molecule has 3 atom stereocenters. The number of fused-ring (bicyclic) bond motifs is 2. The van der Waals surface area contributed by atoms with Crippen molar-refractivity contribution in [2.75, 3.05) is 6.61 Å². The molecule has 5 nitrogen and oxygen atoms in total. The molecule has 1 aromatic heterocycles. The number of carbonyl (C=O) groups excluding carboxylic acids is 1. The third-order valence-electron chi connectivity index (χ3n) is 6.24. The molecule has 2 aliphatic heterocycles. The largest absolute Gasteiger partial charge is 0.396 e. The summed E-state index contributed by atoms with van der Waals surface area (Å²) >= 11 is 0. The fourth-order valence-corrected chi connectivity index (χ4v) is 5.13. The molecule has 1 N–H and O–H groups in total. The number of hydrogen-bond acceptors (Lipinski definition) is 3. The summed E-state index contributed by atoms with van der Waals surface area (Å²) in [6, 6.07) is 12.7. The van der Waals surface area contributed by atoms with Gasteiger partial charge in [-0.15, -0.1) is 0 Å². The second kappa shape index (κ2) is 6.54. The maximum atomic E-state index is 13.1. The Hall–Kier alpha value is -2.14. The normalized spacial score (nSPS) is 27.3. The number of rotatable bonds is 5. The molecular formula is C21H27N3O2. The SMILES string of the molecule is Cc1cc(C)n(CC(=O)N2[C@H]3CC[C@@H]2[C@@](CO)(Cc2ccccc2)C3)n1. The molecule has 26 heavy (non-hydrogen) atoms. The molecule has 4 rings (SSSR count). The van der Waals surface area contributed by atoms with Gasteiger partial charge in [-0.05, 0) is 51.2 Å². The van der Waals surface area contributed by atoms with Crippen LogP contribution in [-0.2, 0) is 17.8 Å². The van der Waals surface area contributed by atoms with Gasteiger partial charge in [0.05, 0.1) is 12.3 Å². The number of hydrogen-bond donors (Lipinski definition) is 1. The van der Waals surface area contributed by atoms with Crippen LogP contribution in [0.4, 0.5) is 0 Å². The first kappa shape index (κ1) is 17.3. The Bertz CT molecular complexity index is 801. The third-order valence-corrected chi connectivity index (χ3v) is 6.24. The van der Waals surface area contributed by atoms with Crippen molar-refractivity contribution in [1.29, 1.82) is 0 Å². The Morgan fingerprint density at radius 3 is 2.69 bits per heavy atom. The first-order valence-electron chi connectivity index (χ1n) is 9.49. The van der Waals surface area contributed by atoms with E-state index in [2.05, 4.69) is 22.1 Å². The molecule has 2 saturated heterocycles. The van der Waals surface area contributed by atoms with E-state index in [1.165, 1.54) is 5.56 Å². The van der Waals surface area contributed by atoms with Gasteiger partial charge in [-0.2, -0.15) is 5.10 Å². The zero-order chi connectivity index (χ0) is 18.3. The lowest BCUT2D eigenvalue weighted by atomic mass is 9.70. The molecule has 3 heterocycles. The van der Waals surface area contributed by atoms with Crippen molar-refractivity contribution in [3.05, 3.63) is 53.3 Å². The molecule has 5 heteroatoms. The van der Waals surface area contributed by atoms with Crippen molar-refractivity contribution in [2.24, 2.45) is 5.41 Å². The predicted molar refractivity (Wildman–Crippen MR) is 99.6 cm³/mol. The lowest BCUT2D eigenvalue weighted by molar-refractivity contribution is -0.134.